The van der Waals surface area contributed by atoms with Gasteiger partial charge in [-0.2, -0.15) is 9.40 Å². The summed E-state index contributed by atoms with van der Waals surface area (Å²) in [6, 6.07) is 0. The molecule has 0 unspecified atom stereocenters. The van der Waals surface area contributed by atoms with Crippen LogP contribution in [0.5, 0.6) is 0 Å². The first-order chi connectivity index (χ1) is 13.2. The van der Waals surface area contributed by atoms with E-state index in [1.165, 1.54) is 0 Å². The molecule has 0 aromatic carbocycles. The van der Waals surface area contributed by atoms with Gasteiger partial charge in [0.2, 0.25) is 10.0 Å². The van der Waals surface area contributed by atoms with E-state index in [-0.39, 0.29) is 18.5 Å². The van der Waals surface area contributed by atoms with Crippen LogP contribution in [-0.2, 0) is 28.4 Å². The van der Waals surface area contributed by atoms with Gasteiger partial charge in [0.15, 0.2) is 5.96 Å². The largest absolute Gasteiger partial charge is 0.378 e. The molecule has 160 valence electrons. The summed E-state index contributed by atoms with van der Waals surface area (Å²) in [4.78, 5) is 6.46. The number of sulfonamides is 1. The number of piperazine rings is 1. The Balaban J connectivity index is 1.88. The molecule has 2 heterocycles. The molecule has 9 nitrogen and oxygen atoms in total. The zero-order chi connectivity index (χ0) is 20.9. The SMILES string of the molecule is CN=C(NCc1c(C)nn(C)c1C)N1CCN(S(=O)(=O)CCOC(C)C)CC1. The Morgan fingerprint density at radius 1 is 1.25 bits per heavy atom. The molecular formula is C18H34N6O3S. The van der Waals surface area contributed by atoms with Gasteiger partial charge in [-0.1, -0.05) is 0 Å². The third kappa shape index (κ3) is 5.68. The predicted molar refractivity (Wildman–Crippen MR) is 111 cm³/mol. The number of nitrogens with one attached hydrogen (secondary N) is 1. The van der Waals surface area contributed by atoms with E-state index < -0.39 is 10.0 Å². The van der Waals surface area contributed by atoms with Crippen LogP contribution >= 0.6 is 0 Å². The van der Waals surface area contributed by atoms with Crippen molar-refractivity contribution in [2.45, 2.75) is 40.3 Å². The lowest BCUT2D eigenvalue weighted by molar-refractivity contribution is 0.0904. The highest BCUT2D eigenvalue weighted by Gasteiger charge is 2.28. The number of aliphatic imine (C=N–C) groups is 1. The summed E-state index contributed by atoms with van der Waals surface area (Å²) in [5.41, 5.74) is 3.29. The van der Waals surface area contributed by atoms with Crippen LogP contribution in [0.15, 0.2) is 4.99 Å². The molecule has 0 spiro atoms. The number of hydrogen-bond donors (Lipinski definition) is 1. The standard InChI is InChI=1S/C18H34N6O3S/c1-14(2)27-11-12-28(25,26)24-9-7-23(8-10-24)18(19-5)20-13-17-15(3)21-22(6)16(17)4/h14H,7-13H2,1-6H3,(H,19,20). The Morgan fingerprint density at radius 3 is 2.39 bits per heavy atom. The van der Waals surface area contributed by atoms with Crippen LogP contribution in [0.1, 0.15) is 30.8 Å². The Bertz CT molecular complexity index is 779. The zero-order valence-corrected chi connectivity index (χ0v) is 18.7. The second-order valence-electron chi connectivity index (χ2n) is 7.30. The summed E-state index contributed by atoms with van der Waals surface area (Å²) in [5, 5.41) is 7.82. The lowest BCUT2D eigenvalue weighted by atomic mass is 10.2. The van der Waals surface area contributed by atoms with E-state index >= 15 is 0 Å². The number of aryl methyl sites for hydroxylation is 2. The highest BCUT2D eigenvalue weighted by Crippen LogP contribution is 2.12. The van der Waals surface area contributed by atoms with Gasteiger partial charge in [0.25, 0.3) is 0 Å². The normalized spacial score (nSPS) is 16.8. The maximum Gasteiger partial charge on any atom is 0.216 e. The molecule has 0 saturated carbocycles. The number of aromatic nitrogens is 2. The van der Waals surface area contributed by atoms with Crippen molar-refractivity contribution in [2.75, 3.05) is 45.6 Å². The molecule has 10 heteroatoms. The first-order valence-electron chi connectivity index (χ1n) is 9.69. The van der Waals surface area contributed by atoms with Crippen LogP contribution in [0.3, 0.4) is 0 Å². The van der Waals surface area contributed by atoms with Crippen LogP contribution in [0.4, 0.5) is 0 Å². The summed E-state index contributed by atoms with van der Waals surface area (Å²) < 4.78 is 33.8. The van der Waals surface area contributed by atoms with Gasteiger partial charge in [-0.05, 0) is 27.7 Å². The number of hydrogen-bond acceptors (Lipinski definition) is 5. The molecule has 0 atom stereocenters. The van der Waals surface area contributed by atoms with E-state index in [2.05, 4.69) is 20.3 Å². The fourth-order valence-corrected chi connectivity index (χ4v) is 4.55. The number of guanidine groups is 1. The molecular weight excluding hydrogens is 380 g/mol. The lowest BCUT2D eigenvalue weighted by Gasteiger charge is -2.35. The minimum Gasteiger partial charge on any atom is -0.378 e. The van der Waals surface area contributed by atoms with Gasteiger partial charge in [-0.25, -0.2) is 8.42 Å². The third-order valence-corrected chi connectivity index (χ3v) is 6.85. The quantitative estimate of drug-likeness (QED) is 0.516. The number of nitrogens with zero attached hydrogens (tertiary/aromatic N) is 5. The van der Waals surface area contributed by atoms with Gasteiger partial charge in [-0.15, -0.1) is 0 Å². The third-order valence-electron chi connectivity index (χ3n) is 5.02. The molecule has 2 rings (SSSR count). The lowest BCUT2D eigenvalue weighted by Crippen LogP contribution is -2.54. The fourth-order valence-electron chi connectivity index (χ4n) is 3.27. The van der Waals surface area contributed by atoms with Crippen molar-refractivity contribution >= 4 is 16.0 Å². The molecule has 0 amide bonds. The highest BCUT2D eigenvalue weighted by molar-refractivity contribution is 7.89. The maximum absolute atomic E-state index is 12.5. The van der Waals surface area contributed by atoms with E-state index in [1.54, 1.807) is 11.4 Å². The average Bonchev–Trinajstić information content (AvgIpc) is 2.88. The molecule has 0 bridgehead atoms. The molecule has 1 aromatic heterocycles. The summed E-state index contributed by atoms with van der Waals surface area (Å²) >= 11 is 0. The van der Waals surface area contributed by atoms with Crippen molar-refractivity contribution in [3.8, 4) is 0 Å². The van der Waals surface area contributed by atoms with Crippen molar-refractivity contribution in [2.24, 2.45) is 12.0 Å². The molecule has 1 N–H and O–H groups in total. The average molecular weight is 415 g/mol. The van der Waals surface area contributed by atoms with Gasteiger partial charge in [0.05, 0.1) is 24.2 Å². The predicted octanol–water partition coefficient (Wildman–Crippen LogP) is 0.485. The van der Waals surface area contributed by atoms with E-state index in [1.807, 2.05) is 39.4 Å². The van der Waals surface area contributed by atoms with Gasteiger partial charge >= 0.3 is 0 Å². The van der Waals surface area contributed by atoms with Gasteiger partial charge < -0.3 is 15.0 Å². The van der Waals surface area contributed by atoms with Gasteiger partial charge in [-0.3, -0.25) is 9.67 Å². The Hall–Kier alpha value is -1.65. The highest BCUT2D eigenvalue weighted by atomic mass is 32.2. The topological polar surface area (TPSA) is 92.1 Å². The molecule has 1 aliphatic rings. The van der Waals surface area contributed by atoms with Gasteiger partial charge in [0.1, 0.15) is 0 Å². The molecule has 1 fully saturated rings. The molecule has 1 saturated heterocycles. The Morgan fingerprint density at radius 2 is 1.89 bits per heavy atom. The second-order valence-corrected chi connectivity index (χ2v) is 9.38. The van der Waals surface area contributed by atoms with Crippen LogP contribution in [0.25, 0.3) is 0 Å². The van der Waals surface area contributed by atoms with Crippen molar-refractivity contribution in [1.82, 2.24) is 24.3 Å². The van der Waals surface area contributed by atoms with Crippen molar-refractivity contribution in [1.29, 1.82) is 0 Å². The monoisotopic (exact) mass is 414 g/mol. The van der Waals surface area contributed by atoms with Gasteiger partial charge in [0, 0.05) is 58.1 Å². The summed E-state index contributed by atoms with van der Waals surface area (Å²) in [6.07, 6.45) is 0.0357. The number of ether oxygens (including phenoxy) is 1. The van der Waals surface area contributed by atoms with Crippen LogP contribution in [0.2, 0.25) is 0 Å². The summed E-state index contributed by atoms with van der Waals surface area (Å²) in [6.45, 7) is 10.8. The smallest absolute Gasteiger partial charge is 0.216 e. The molecule has 28 heavy (non-hydrogen) atoms. The van der Waals surface area contributed by atoms with E-state index in [0.29, 0.717) is 32.7 Å². The van der Waals surface area contributed by atoms with E-state index in [0.717, 1.165) is 22.9 Å². The maximum atomic E-state index is 12.5. The summed E-state index contributed by atoms with van der Waals surface area (Å²) in [5.74, 6) is 0.806. The fraction of sp³-hybridized carbons (Fsp3) is 0.778. The van der Waals surface area contributed by atoms with Crippen LogP contribution < -0.4 is 5.32 Å². The first-order valence-corrected chi connectivity index (χ1v) is 11.3. The Labute approximate surface area is 168 Å². The Kier molecular flexibility index (Phi) is 7.85. The molecule has 0 aliphatic carbocycles. The van der Waals surface area contributed by atoms with Crippen LogP contribution in [-0.4, -0.2) is 85.1 Å². The molecule has 1 aromatic rings. The molecule has 0 radical (unpaired) electrons. The minimum absolute atomic E-state index is 0.0255. The second kappa shape index (κ2) is 9.71. The van der Waals surface area contributed by atoms with Crippen molar-refractivity contribution in [3.05, 3.63) is 17.0 Å². The van der Waals surface area contributed by atoms with Crippen LogP contribution in [0, 0.1) is 13.8 Å². The molecule has 1 aliphatic heterocycles. The van der Waals surface area contributed by atoms with Crippen molar-refractivity contribution < 1.29 is 13.2 Å². The number of rotatable bonds is 7. The minimum atomic E-state index is -3.29. The van der Waals surface area contributed by atoms with E-state index in [4.69, 9.17) is 4.74 Å². The first kappa shape index (κ1) is 22.6. The van der Waals surface area contributed by atoms with Crippen molar-refractivity contribution in [3.63, 3.8) is 0 Å². The zero-order valence-electron chi connectivity index (χ0n) is 17.9. The van der Waals surface area contributed by atoms with E-state index in [9.17, 15) is 8.42 Å². The summed E-state index contributed by atoms with van der Waals surface area (Å²) in [7, 11) is 0.396.